The summed E-state index contributed by atoms with van der Waals surface area (Å²) in [6.45, 7) is -0.381. The fourth-order valence-electron chi connectivity index (χ4n) is 2.12. The second kappa shape index (κ2) is 7.59. The predicted molar refractivity (Wildman–Crippen MR) is 94.5 cm³/mol. The van der Waals surface area contributed by atoms with E-state index in [4.69, 9.17) is 16.4 Å². The molecule has 1 heterocycles. The number of nitrogens with one attached hydrogen (secondary N) is 1. The first-order valence-electron chi connectivity index (χ1n) is 7.29. The van der Waals surface area contributed by atoms with E-state index in [9.17, 15) is 9.90 Å². The van der Waals surface area contributed by atoms with Crippen LogP contribution in [0.1, 0.15) is 5.56 Å². The SMILES string of the molecule is O=C(CO/N=C/c1ccccc1Cl)N=Nc1c(O)[nH]c2ccccc12. The fourth-order valence-corrected chi connectivity index (χ4v) is 2.30. The van der Waals surface area contributed by atoms with E-state index in [0.717, 1.165) is 0 Å². The molecule has 0 aliphatic heterocycles. The van der Waals surface area contributed by atoms with Gasteiger partial charge in [-0.2, -0.15) is 0 Å². The van der Waals surface area contributed by atoms with Gasteiger partial charge in [0.25, 0.3) is 0 Å². The third kappa shape index (κ3) is 4.02. The molecule has 0 spiro atoms. The number of azo groups is 1. The van der Waals surface area contributed by atoms with Gasteiger partial charge in [-0.05, 0) is 12.1 Å². The molecule has 0 aliphatic rings. The standard InChI is InChI=1S/C17H13ClN4O3/c18-13-7-3-1-5-11(13)9-19-25-10-15(23)21-22-16-12-6-2-4-8-14(12)20-17(16)24/h1-9,20,24H,10H2/b19-9+,22-21?. The van der Waals surface area contributed by atoms with E-state index in [1.54, 1.807) is 42.5 Å². The van der Waals surface area contributed by atoms with Crippen molar-refractivity contribution in [3.05, 3.63) is 59.1 Å². The zero-order valence-electron chi connectivity index (χ0n) is 12.9. The third-order valence-electron chi connectivity index (χ3n) is 3.28. The molecule has 0 saturated carbocycles. The first-order valence-corrected chi connectivity index (χ1v) is 7.67. The first kappa shape index (κ1) is 16.7. The summed E-state index contributed by atoms with van der Waals surface area (Å²) < 4.78 is 0. The third-order valence-corrected chi connectivity index (χ3v) is 3.62. The highest BCUT2D eigenvalue weighted by Gasteiger charge is 2.10. The maximum absolute atomic E-state index is 11.7. The van der Waals surface area contributed by atoms with Crippen molar-refractivity contribution in [1.82, 2.24) is 4.98 Å². The monoisotopic (exact) mass is 356 g/mol. The topological polar surface area (TPSA) is 99.4 Å². The molecular formula is C17H13ClN4O3. The van der Waals surface area contributed by atoms with Gasteiger partial charge in [0.15, 0.2) is 12.3 Å². The number of fused-ring (bicyclic) bond motifs is 1. The van der Waals surface area contributed by atoms with Crippen LogP contribution in [0.15, 0.2) is 63.9 Å². The Bertz CT molecular complexity index is 965. The Morgan fingerprint density at radius 2 is 1.96 bits per heavy atom. The summed E-state index contributed by atoms with van der Waals surface area (Å²) >= 11 is 5.96. The Labute approximate surface area is 147 Å². The second-order valence-electron chi connectivity index (χ2n) is 4.99. The quantitative estimate of drug-likeness (QED) is 0.407. The molecule has 0 fully saturated rings. The number of hydrogen-bond donors (Lipinski definition) is 2. The van der Waals surface area contributed by atoms with Crippen LogP contribution in [0.4, 0.5) is 5.69 Å². The molecule has 7 nitrogen and oxygen atoms in total. The van der Waals surface area contributed by atoms with Crippen LogP contribution >= 0.6 is 11.6 Å². The van der Waals surface area contributed by atoms with Crippen molar-refractivity contribution in [2.45, 2.75) is 0 Å². The summed E-state index contributed by atoms with van der Waals surface area (Å²) in [6.07, 6.45) is 1.40. The van der Waals surface area contributed by atoms with Crippen LogP contribution < -0.4 is 0 Å². The minimum Gasteiger partial charge on any atom is -0.493 e. The molecule has 0 unspecified atom stereocenters. The van der Waals surface area contributed by atoms with Gasteiger partial charge in [0.1, 0.15) is 0 Å². The van der Waals surface area contributed by atoms with Crippen LogP contribution in [-0.2, 0) is 9.63 Å². The maximum atomic E-state index is 11.7. The van der Waals surface area contributed by atoms with E-state index in [1.807, 2.05) is 6.07 Å². The van der Waals surface area contributed by atoms with Crippen LogP contribution in [0.2, 0.25) is 5.02 Å². The van der Waals surface area contributed by atoms with E-state index in [2.05, 4.69) is 20.4 Å². The van der Waals surface area contributed by atoms with Crippen LogP contribution in [0, 0.1) is 0 Å². The highest BCUT2D eigenvalue weighted by molar-refractivity contribution is 6.33. The number of para-hydroxylation sites is 1. The van der Waals surface area contributed by atoms with Crippen LogP contribution in [0.3, 0.4) is 0 Å². The molecule has 2 aromatic carbocycles. The molecule has 0 saturated heterocycles. The lowest BCUT2D eigenvalue weighted by Gasteiger charge is -1.96. The number of amides is 1. The average molecular weight is 357 g/mol. The number of aromatic amines is 1. The highest BCUT2D eigenvalue weighted by atomic mass is 35.5. The zero-order valence-corrected chi connectivity index (χ0v) is 13.6. The zero-order chi connectivity index (χ0) is 17.6. The van der Waals surface area contributed by atoms with Crippen molar-refractivity contribution in [3.8, 4) is 5.88 Å². The molecule has 1 amide bonds. The summed E-state index contributed by atoms with van der Waals surface area (Å²) in [7, 11) is 0. The fraction of sp³-hybridized carbons (Fsp3) is 0.0588. The lowest BCUT2D eigenvalue weighted by molar-refractivity contribution is -0.122. The summed E-state index contributed by atoms with van der Waals surface area (Å²) in [5.74, 6) is -0.795. The van der Waals surface area contributed by atoms with Gasteiger partial charge in [0.2, 0.25) is 5.88 Å². The number of H-pyrrole nitrogens is 1. The molecule has 1 aromatic heterocycles. The van der Waals surface area contributed by atoms with Crippen molar-refractivity contribution < 1.29 is 14.7 Å². The van der Waals surface area contributed by atoms with Crippen molar-refractivity contribution in [3.63, 3.8) is 0 Å². The van der Waals surface area contributed by atoms with E-state index in [0.29, 0.717) is 21.5 Å². The molecule has 0 radical (unpaired) electrons. The summed E-state index contributed by atoms with van der Waals surface area (Å²) in [5, 5.41) is 22.0. The Morgan fingerprint density at radius 3 is 2.80 bits per heavy atom. The predicted octanol–water partition coefficient (Wildman–Crippen LogP) is 4.19. The van der Waals surface area contributed by atoms with Crippen LogP contribution in [0.25, 0.3) is 10.9 Å². The van der Waals surface area contributed by atoms with Gasteiger partial charge in [-0.15, -0.1) is 10.2 Å². The number of halogens is 1. The summed E-state index contributed by atoms with van der Waals surface area (Å²) in [5.41, 5.74) is 1.56. The molecule has 0 aliphatic carbocycles. The van der Waals surface area contributed by atoms with Crippen molar-refractivity contribution in [2.24, 2.45) is 15.4 Å². The van der Waals surface area contributed by atoms with Gasteiger partial charge in [0, 0.05) is 16.0 Å². The highest BCUT2D eigenvalue weighted by Crippen LogP contribution is 2.35. The van der Waals surface area contributed by atoms with Crippen molar-refractivity contribution in [2.75, 3.05) is 6.61 Å². The molecule has 0 atom stereocenters. The summed E-state index contributed by atoms with van der Waals surface area (Å²) in [4.78, 5) is 19.3. The second-order valence-corrected chi connectivity index (χ2v) is 5.40. The molecule has 3 aromatic rings. The lowest BCUT2D eigenvalue weighted by atomic mass is 10.2. The number of oxime groups is 1. The number of rotatable bonds is 5. The minimum absolute atomic E-state index is 0.157. The Hall–Kier alpha value is -3.19. The number of aromatic hydroxyl groups is 1. The molecule has 2 N–H and O–H groups in total. The summed E-state index contributed by atoms with van der Waals surface area (Å²) in [6, 6.07) is 14.2. The molecule has 0 bridgehead atoms. The number of carbonyl (C=O) groups is 1. The molecule has 3 rings (SSSR count). The van der Waals surface area contributed by atoms with Gasteiger partial charge in [-0.3, -0.25) is 4.79 Å². The number of hydrogen-bond acceptors (Lipinski definition) is 5. The normalized spacial score (nSPS) is 11.6. The largest absolute Gasteiger partial charge is 0.493 e. The Kier molecular flexibility index (Phi) is 5.06. The lowest BCUT2D eigenvalue weighted by Crippen LogP contribution is -2.01. The number of carbonyl (C=O) groups excluding carboxylic acids is 1. The molecule has 8 heteroatoms. The van der Waals surface area contributed by atoms with Crippen LogP contribution in [0.5, 0.6) is 5.88 Å². The van der Waals surface area contributed by atoms with Gasteiger partial charge in [-0.25, -0.2) is 0 Å². The van der Waals surface area contributed by atoms with Crippen molar-refractivity contribution in [1.29, 1.82) is 0 Å². The smallest absolute Gasteiger partial charge is 0.304 e. The van der Waals surface area contributed by atoms with Gasteiger partial charge in [-0.1, -0.05) is 53.2 Å². The minimum atomic E-state index is -0.638. The Balaban J connectivity index is 1.60. The molecular weight excluding hydrogens is 344 g/mol. The van der Waals surface area contributed by atoms with E-state index < -0.39 is 5.91 Å². The van der Waals surface area contributed by atoms with Gasteiger partial charge < -0.3 is 14.9 Å². The molecule has 25 heavy (non-hydrogen) atoms. The number of aromatic nitrogens is 1. The van der Waals surface area contributed by atoms with Gasteiger partial charge >= 0.3 is 5.91 Å². The maximum Gasteiger partial charge on any atom is 0.304 e. The van der Waals surface area contributed by atoms with Gasteiger partial charge in [0.05, 0.1) is 11.7 Å². The first-order chi connectivity index (χ1) is 12.1. The van der Waals surface area contributed by atoms with Crippen LogP contribution in [-0.4, -0.2) is 28.8 Å². The molecule has 126 valence electrons. The number of nitrogens with zero attached hydrogens (tertiary/aromatic N) is 3. The van der Waals surface area contributed by atoms with Crippen molar-refractivity contribution >= 4 is 40.3 Å². The van der Waals surface area contributed by atoms with E-state index in [1.165, 1.54) is 6.21 Å². The van der Waals surface area contributed by atoms with E-state index in [-0.39, 0.29) is 18.2 Å². The van der Waals surface area contributed by atoms with E-state index >= 15 is 0 Å². The Morgan fingerprint density at radius 1 is 1.20 bits per heavy atom. The average Bonchev–Trinajstić information content (AvgIpc) is 2.93. The number of benzene rings is 2.